The fourth-order valence-corrected chi connectivity index (χ4v) is 3.81. The molecule has 0 rings (SSSR count). The minimum atomic E-state index is -3.71. The van der Waals surface area contributed by atoms with E-state index in [1.807, 2.05) is 0 Å². The van der Waals surface area contributed by atoms with Gasteiger partial charge in [0.05, 0.1) is 6.61 Å². The summed E-state index contributed by atoms with van der Waals surface area (Å²) >= 11 is 4.37. The largest absolute Gasteiger partial charge is 0.463 e. The smallest absolute Gasteiger partial charge is 0.321 e. The van der Waals surface area contributed by atoms with Gasteiger partial charge in [0.25, 0.3) is 0 Å². The Bertz CT molecular complexity index is 450. The van der Waals surface area contributed by atoms with Crippen LogP contribution in [-0.4, -0.2) is 42.2 Å². The highest BCUT2D eigenvalue weighted by Crippen LogP contribution is 2.36. The van der Waals surface area contributed by atoms with Crippen LogP contribution in [0.5, 0.6) is 0 Å². The van der Waals surface area contributed by atoms with Crippen LogP contribution in [0.4, 0.5) is 0 Å². The van der Waals surface area contributed by atoms with Crippen LogP contribution < -0.4 is 6.15 Å². The van der Waals surface area contributed by atoms with Gasteiger partial charge in [-0.05, 0) is 18.2 Å². The first-order valence-electron chi connectivity index (χ1n) is 11.8. The molecule has 0 spiro atoms. The quantitative estimate of drug-likeness (QED) is 0.0942. The number of hydrogen-bond acceptors (Lipinski definition) is 6. The standard InChI is InChI=1S/C22H45O6PS.H3N/c1-3-4-5-6-7-8-9-10-11-12-13-14-15-16-17-18-22(23)27-19-21(26-2)20-28-29(24,25)30;/h21H,3-20H2,1-2H3,(H2,24,25,30);1H3. The van der Waals surface area contributed by atoms with Gasteiger partial charge in [-0.25, -0.2) is 0 Å². The molecule has 0 aromatic carbocycles. The first kappa shape index (κ1) is 33.1. The van der Waals surface area contributed by atoms with Gasteiger partial charge in [0.1, 0.15) is 12.7 Å². The molecule has 0 bridgehead atoms. The van der Waals surface area contributed by atoms with E-state index in [0.29, 0.717) is 6.42 Å². The zero-order valence-electron chi connectivity index (χ0n) is 19.9. The first-order chi connectivity index (χ1) is 14.4. The third-order valence-electron chi connectivity index (χ3n) is 5.18. The summed E-state index contributed by atoms with van der Waals surface area (Å²) in [5.41, 5.74) is 0. The maximum Gasteiger partial charge on any atom is 0.321 e. The number of carbonyl (C=O) groups excluding carboxylic acids is 1. The summed E-state index contributed by atoms with van der Waals surface area (Å²) in [5.74, 6) is -0.265. The number of ether oxygens (including phenoxy) is 2. The lowest BCUT2D eigenvalue weighted by molar-refractivity contribution is -0.148. The molecule has 0 aromatic heterocycles. The van der Waals surface area contributed by atoms with Crippen molar-refractivity contribution < 1.29 is 28.6 Å². The Balaban J connectivity index is 0. The number of carbonyl (C=O) groups is 1. The summed E-state index contributed by atoms with van der Waals surface area (Å²) in [5, 5.41) is 0. The van der Waals surface area contributed by atoms with Crippen molar-refractivity contribution in [3.63, 3.8) is 0 Å². The molecule has 0 fully saturated rings. The molecule has 0 heterocycles. The van der Waals surface area contributed by atoms with Gasteiger partial charge in [-0.15, -0.1) is 0 Å². The van der Waals surface area contributed by atoms with Crippen molar-refractivity contribution in [2.24, 2.45) is 0 Å². The molecule has 0 aliphatic carbocycles. The molecule has 1 atom stereocenters. The average Bonchev–Trinajstić information content (AvgIpc) is 2.70. The number of esters is 1. The van der Waals surface area contributed by atoms with E-state index in [2.05, 4.69) is 18.7 Å². The summed E-state index contributed by atoms with van der Waals surface area (Å²) in [6.07, 6.45) is 19.2. The normalized spacial score (nSPS) is 12.4. The van der Waals surface area contributed by atoms with Gasteiger partial charge in [0.2, 0.25) is 0 Å². The highest BCUT2D eigenvalue weighted by Gasteiger charge is 2.16. The van der Waals surface area contributed by atoms with Gasteiger partial charge in [0, 0.05) is 13.5 Å². The average molecular weight is 486 g/mol. The highest BCUT2D eigenvalue weighted by molar-refractivity contribution is 8.06. The molecular weight excluding hydrogens is 437 g/mol. The Morgan fingerprint density at radius 1 is 0.806 bits per heavy atom. The van der Waals surface area contributed by atoms with Crippen molar-refractivity contribution >= 4 is 24.5 Å². The highest BCUT2D eigenvalue weighted by atomic mass is 32.5. The van der Waals surface area contributed by atoms with E-state index in [1.165, 1.54) is 84.2 Å². The predicted octanol–water partition coefficient (Wildman–Crippen LogP) is 6.19. The second-order valence-electron chi connectivity index (χ2n) is 8.03. The molecule has 31 heavy (non-hydrogen) atoms. The second-order valence-corrected chi connectivity index (χ2v) is 10.7. The van der Waals surface area contributed by atoms with Crippen LogP contribution in [0.25, 0.3) is 0 Å². The van der Waals surface area contributed by atoms with E-state index in [4.69, 9.17) is 23.8 Å². The fourth-order valence-electron chi connectivity index (χ4n) is 3.26. The molecule has 9 heteroatoms. The zero-order chi connectivity index (χ0) is 22.5. The SMILES string of the molecule is CCCCCCCCCCCCCCCCCC(=O)OCC(COP(O)(O)=S)OC.N. The van der Waals surface area contributed by atoms with Gasteiger partial charge < -0.3 is 29.9 Å². The Labute approximate surface area is 195 Å². The summed E-state index contributed by atoms with van der Waals surface area (Å²) in [7, 11) is 1.44. The Morgan fingerprint density at radius 3 is 1.61 bits per heavy atom. The minimum Gasteiger partial charge on any atom is -0.463 e. The predicted molar refractivity (Wildman–Crippen MR) is 131 cm³/mol. The van der Waals surface area contributed by atoms with Crippen molar-refractivity contribution in [1.82, 2.24) is 6.15 Å². The summed E-state index contributed by atoms with van der Waals surface area (Å²) in [6.45, 7) is -1.55. The Kier molecular flexibility index (Phi) is 24.7. The molecule has 0 amide bonds. The number of hydrogen-bond donors (Lipinski definition) is 3. The lowest BCUT2D eigenvalue weighted by Gasteiger charge is -2.17. The van der Waals surface area contributed by atoms with Gasteiger partial charge in [0.15, 0.2) is 0 Å². The monoisotopic (exact) mass is 485 g/mol. The first-order valence-corrected chi connectivity index (χ1v) is 14.4. The Hall–Kier alpha value is -0.0800. The minimum absolute atomic E-state index is 0. The molecule has 0 aromatic rings. The number of rotatable bonds is 22. The summed E-state index contributed by atoms with van der Waals surface area (Å²) < 4.78 is 15.0. The summed E-state index contributed by atoms with van der Waals surface area (Å²) in [4.78, 5) is 29.8. The van der Waals surface area contributed by atoms with Gasteiger partial charge in [-0.3, -0.25) is 4.79 Å². The maximum atomic E-state index is 11.8. The molecule has 5 N–H and O–H groups in total. The van der Waals surface area contributed by atoms with Crippen LogP contribution in [0.15, 0.2) is 0 Å². The fraction of sp³-hybridized carbons (Fsp3) is 0.955. The van der Waals surface area contributed by atoms with Crippen LogP contribution in [0.1, 0.15) is 110 Å². The molecular formula is C22H48NO6PS. The Morgan fingerprint density at radius 2 is 1.23 bits per heavy atom. The van der Waals surface area contributed by atoms with Gasteiger partial charge in [-0.1, -0.05) is 96.8 Å². The zero-order valence-corrected chi connectivity index (χ0v) is 21.6. The number of unbranched alkanes of at least 4 members (excludes halogenated alkanes) is 14. The van der Waals surface area contributed by atoms with E-state index in [0.717, 1.165) is 19.3 Å². The molecule has 1 unspecified atom stereocenters. The molecule has 0 saturated heterocycles. The maximum absolute atomic E-state index is 11.8. The van der Waals surface area contributed by atoms with Crippen LogP contribution in [0.3, 0.4) is 0 Å². The molecule has 0 radical (unpaired) electrons. The van der Waals surface area contributed by atoms with Crippen molar-refractivity contribution in [3.05, 3.63) is 0 Å². The van der Waals surface area contributed by atoms with Crippen molar-refractivity contribution in [3.8, 4) is 0 Å². The van der Waals surface area contributed by atoms with E-state index in [-0.39, 0.29) is 25.3 Å². The van der Waals surface area contributed by atoms with Crippen LogP contribution in [0.2, 0.25) is 0 Å². The van der Waals surface area contributed by atoms with E-state index in [1.54, 1.807) is 0 Å². The van der Waals surface area contributed by atoms with Crippen molar-refractivity contribution in [2.45, 2.75) is 116 Å². The van der Waals surface area contributed by atoms with E-state index >= 15 is 0 Å². The number of methoxy groups -OCH3 is 1. The van der Waals surface area contributed by atoms with Crippen LogP contribution in [0, 0.1) is 0 Å². The lowest BCUT2D eigenvalue weighted by atomic mass is 10.0. The third-order valence-corrected chi connectivity index (χ3v) is 5.98. The molecule has 0 aliphatic rings. The van der Waals surface area contributed by atoms with Crippen LogP contribution in [-0.2, 0) is 30.6 Å². The van der Waals surface area contributed by atoms with Crippen molar-refractivity contribution in [2.75, 3.05) is 20.3 Å². The summed E-state index contributed by atoms with van der Waals surface area (Å²) in [6, 6.07) is 0. The van der Waals surface area contributed by atoms with Crippen LogP contribution >= 0.6 is 6.72 Å². The lowest BCUT2D eigenvalue weighted by Crippen LogP contribution is -2.25. The third kappa shape index (κ3) is 26.1. The molecule has 0 saturated carbocycles. The molecule has 188 valence electrons. The molecule has 0 aliphatic heterocycles. The van der Waals surface area contributed by atoms with Gasteiger partial charge >= 0.3 is 12.7 Å². The molecule has 7 nitrogen and oxygen atoms in total. The van der Waals surface area contributed by atoms with Gasteiger partial charge in [-0.2, -0.15) is 0 Å². The van der Waals surface area contributed by atoms with E-state index in [9.17, 15) is 4.79 Å². The van der Waals surface area contributed by atoms with E-state index < -0.39 is 12.8 Å². The van der Waals surface area contributed by atoms with Crippen molar-refractivity contribution in [1.29, 1.82) is 0 Å². The second kappa shape index (κ2) is 23.1. The topological polar surface area (TPSA) is 120 Å².